The lowest BCUT2D eigenvalue weighted by molar-refractivity contribution is 0.238. The maximum Gasteiger partial charge on any atom is 0.155 e. The largest absolute Gasteiger partial charge is 0.395 e. The molecule has 0 aliphatic rings. The fourth-order valence-electron chi connectivity index (χ4n) is 1.63. The lowest BCUT2D eigenvalue weighted by Crippen LogP contribution is -2.31. The van der Waals surface area contributed by atoms with Gasteiger partial charge in [0.25, 0.3) is 0 Å². The van der Waals surface area contributed by atoms with Crippen molar-refractivity contribution in [3.8, 4) is 0 Å². The van der Waals surface area contributed by atoms with E-state index >= 15 is 0 Å². The SMILES string of the molecule is CCC(CO)NCc1cnc2cnc(Br)cn12. The smallest absolute Gasteiger partial charge is 0.155 e. The van der Waals surface area contributed by atoms with Gasteiger partial charge >= 0.3 is 0 Å². The summed E-state index contributed by atoms with van der Waals surface area (Å²) in [5, 5.41) is 12.4. The molecule has 0 saturated carbocycles. The predicted octanol–water partition coefficient (Wildman–Crippen LogP) is 1.35. The first-order valence-electron chi connectivity index (χ1n) is 5.56. The predicted molar refractivity (Wildman–Crippen MR) is 68.7 cm³/mol. The summed E-state index contributed by atoms with van der Waals surface area (Å²) in [6.07, 6.45) is 6.33. The van der Waals surface area contributed by atoms with Crippen LogP contribution >= 0.6 is 15.9 Å². The Morgan fingerprint density at radius 1 is 1.47 bits per heavy atom. The molecule has 0 bridgehead atoms. The number of fused-ring (bicyclic) bond motifs is 1. The molecule has 2 rings (SSSR count). The molecular weight excluding hydrogens is 284 g/mol. The third kappa shape index (κ3) is 2.83. The zero-order chi connectivity index (χ0) is 12.3. The fraction of sp³-hybridized carbons (Fsp3) is 0.455. The van der Waals surface area contributed by atoms with Crippen LogP contribution in [0.4, 0.5) is 0 Å². The molecule has 0 aromatic carbocycles. The topological polar surface area (TPSA) is 62.5 Å². The van der Waals surface area contributed by atoms with Crippen molar-refractivity contribution in [1.29, 1.82) is 0 Å². The molecule has 0 aliphatic heterocycles. The third-order valence-corrected chi connectivity index (χ3v) is 3.14. The number of aromatic nitrogens is 3. The van der Waals surface area contributed by atoms with Gasteiger partial charge < -0.3 is 10.4 Å². The second kappa shape index (κ2) is 5.57. The van der Waals surface area contributed by atoms with Gasteiger partial charge in [0.05, 0.1) is 24.7 Å². The molecule has 0 radical (unpaired) electrons. The van der Waals surface area contributed by atoms with E-state index in [4.69, 9.17) is 5.11 Å². The van der Waals surface area contributed by atoms with Gasteiger partial charge in [0, 0.05) is 18.8 Å². The van der Waals surface area contributed by atoms with Crippen molar-refractivity contribution in [3.05, 3.63) is 28.9 Å². The van der Waals surface area contributed by atoms with Crippen LogP contribution in [0.25, 0.3) is 5.65 Å². The molecule has 5 nitrogen and oxygen atoms in total. The minimum absolute atomic E-state index is 0.130. The number of aliphatic hydroxyl groups is 1. The van der Waals surface area contributed by atoms with Gasteiger partial charge in [-0.25, -0.2) is 9.97 Å². The summed E-state index contributed by atoms with van der Waals surface area (Å²) in [6.45, 7) is 2.87. The Bertz CT molecular complexity index is 495. The highest BCUT2D eigenvalue weighted by Crippen LogP contribution is 2.10. The summed E-state index contributed by atoms with van der Waals surface area (Å²) in [7, 11) is 0. The standard InChI is InChI=1S/C11H15BrN4O/c1-2-8(7-17)13-3-9-4-15-11-5-14-10(12)6-16(9)11/h4-6,8,13,17H,2-3,7H2,1H3. The molecule has 17 heavy (non-hydrogen) atoms. The maximum absolute atomic E-state index is 9.11. The molecule has 0 aliphatic carbocycles. The van der Waals surface area contributed by atoms with Gasteiger partial charge in [0.1, 0.15) is 4.60 Å². The summed E-state index contributed by atoms with van der Waals surface area (Å²) in [5.74, 6) is 0. The summed E-state index contributed by atoms with van der Waals surface area (Å²) in [6, 6.07) is 0.130. The maximum atomic E-state index is 9.11. The zero-order valence-corrected chi connectivity index (χ0v) is 11.2. The summed E-state index contributed by atoms with van der Waals surface area (Å²) < 4.78 is 2.76. The van der Waals surface area contributed by atoms with Crippen LogP contribution in [0, 0.1) is 0 Å². The van der Waals surface area contributed by atoms with Gasteiger partial charge in [-0.2, -0.15) is 0 Å². The van der Waals surface area contributed by atoms with Crippen LogP contribution in [0.15, 0.2) is 23.2 Å². The number of nitrogens with zero attached hydrogens (tertiary/aromatic N) is 3. The van der Waals surface area contributed by atoms with E-state index in [-0.39, 0.29) is 12.6 Å². The Balaban J connectivity index is 2.16. The van der Waals surface area contributed by atoms with Gasteiger partial charge in [0.15, 0.2) is 5.65 Å². The summed E-state index contributed by atoms with van der Waals surface area (Å²) in [4.78, 5) is 8.39. The average Bonchev–Trinajstić information content (AvgIpc) is 2.73. The van der Waals surface area contributed by atoms with E-state index in [1.54, 1.807) is 6.20 Å². The monoisotopic (exact) mass is 298 g/mol. The molecule has 1 unspecified atom stereocenters. The minimum Gasteiger partial charge on any atom is -0.395 e. The molecule has 2 N–H and O–H groups in total. The van der Waals surface area contributed by atoms with Gasteiger partial charge in [-0.1, -0.05) is 6.92 Å². The van der Waals surface area contributed by atoms with E-state index in [0.717, 1.165) is 22.4 Å². The fourth-order valence-corrected chi connectivity index (χ4v) is 1.94. The Labute approximate surface area is 108 Å². The highest BCUT2D eigenvalue weighted by Gasteiger charge is 2.07. The number of halogens is 1. The molecule has 6 heteroatoms. The quantitative estimate of drug-likeness (QED) is 0.875. The number of hydrogen-bond acceptors (Lipinski definition) is 4. The van der Waals surface area contributed by atoms with Crippen LogP contribution in [0.5, 0.6) is 0 Å². The van der Waals surface area contributed by atoms with E-state index in [2.05, 4.69) is 31.2 Å². The molecular formula is C11H15BrN4O. The second-order valence-electron chi connectivity index (χ2n) is 3.86. The average molecular weight is 299 g/mol. The van der Waals surface area contributed by atoms with Gasteiger partial charge in [-0.15, -0.1) is 0 Å². The number of imidazole rings is 1. The first kappa shape index (κ1) is 12.5. The van der Waals surface area contributed by atoms with Gasteiger partial charge in [-0.3, -0.25) is 4.40 Å². The number of hydrogen-bond donors (Lipinski definition) is 2. The van der Waals surface area contributed by atoms with Gasteiger partial charge in [0.2, 0.25) is 0 Å². The van der Waals surface area contributed by atoms with Gasteiger partial charge in [-0.05, 0) is 22.4 Å². The Morgan fingerprint density at radius 2 is 2.29 bits per heavy atom. The molecule has 2 aromatic heterocycles. The number of nitrogens with one attached hydrogen (secondary N) is 1. The number of rotatable bonds is 5. The van der Waals surface area contributed by atoms with Crippen molar-refractivity contribution in [2.75, 3.05) is 6.61 Å². The zero-order valence-electron chi connectivity index (χ0n) is 9.60. The van der Waals surface area contributed by atoms with Crippen molar-refractivity contribution in [1.82, 2.24) is 19.7 Å². The molecule has 92 valence electrons. The van der Waals surface area contributed by atoms with E-state index in [1.165, 1.54) is 0 Å². The minimum atomic E-state index is 0.130. The number of aliphatic hydroxyl groups excluding tert-OH is 1. The van der Waals surface area contributed by atoms with E-state index in [9.17, 15) is 0 Å². The summed E-state index contributed by atoms with van der Waals surface area (Å²) >= 11 is 3.34. The lowest BCUT2D eigenvalue weighted by Gasteiger charge is -2.13. The first-order chi connectivity index (χ1) is 8.24. The highest BCUT2D eigenvalue weighted by atomic mass is 79.9. The van der Waals surface area contributed by atoms with Crippen molar-refractivity contribution in [2.24, 2.45) is 0 Å². The normalized spacial score (nSPS) is 13.1. The molecule has 2 aromatic rings. The van der Waals surface area contributed by atoms with Crippen molar-refractivity contribution in [3.63, 3.8) is 0 Å². The van der Waals surface area contributed by atoms with Crippen LogP contribution < -0.4 is 5.32 Å². The van der Waals surface area contributed by atoms with Crippen LogP contribution in [-0.2, 0) is 6.54 Å². The molecule has 1 atom stereocenters. The molecule has 0 spiro atoms. The first-order valence-corrected chi connectivity index (χ1v) is 6.35. The summed E-state index contributed by atoms with van der Waals surface area (Å²) in [5.41, 5.74) is 1.87. The van der Waals surface area contributed by atoms with Crippen LogP contribution in [0.1, 0.15) is 19.0 Å². The van der Waals surface area contributed by atoms with Crippen molar-refractivity contribution in [2.45, 2.75) is 25.9 Å². The van der Waals surface area contributed by atoms with Crippen LogP contribution in [-0.4, -0.2) is 32.1 Å². The highest BCUT2D eigenvalue weighted by molar-refractivity contribution is 9.10. The lowest BCUT2D eigenvalue weighted by atomic mass is 10.2. The van der Waals surface area contributed by atoms with Crippen molar-refractivity contribution >= 4 is 21.6 Å². The molecule has 0 saturated heterocycles. The Morgan fingerprint density at radius 3 is 3.00 bits per heavy atom. The van der Waals surface area contributed by atoms with Crippen LogP contribution in [0.2, 0.25) is 0 Å². The van der Waals surface area contributed by atoms with E-state index < -0.39 is 0 Å². The molecule has 0 fully saturated rings. The van der Waals surface area contributed by atoms with Crippen molar-refractivity contribution < 1.29 is 5.11 Å². The molecule has 2 heterocycles. The van der Waals surface area contributed by atoms with E-state index in [1.807, 2.05) is 23.7 Å². The third-order valence-electron chi connectivity index (χ3n) is 2.73. The molecule has 0 amide bonds. The van der Waals surface area contributed by atoms with Crippen LogP contribution in [0.3, 0.4) is 0 Å². The van der Waals surface area contributed by atoms with E-state index in [0.29, 0.717) is 6.54 Å². The Hall–Kier alpha value is -0.980. The Kier molecular flexibility index (Phi) is 4.09. The second-order valence-corrected chi connectivity index (χ2v) is 4.67.